The van der Waals surface area contributed by atoms with Crippen LogP contribution in [0.15, 0.2) is 53.0 Å². The van der Waals surface area contributed by atoms with Crippen molar-refractivity contribution in [3.63, 3.8) is 0 Å². The van der Waals surface area contributed by atoms with E-state index in [0.29, 0.717) is 0 Å². The average molecular weight is 330 g/mol. The molecule has 1 aromatic heterocycles. The first-order valence-electron chi connectivity index (χ1n) is 6.60. The van der Waals surface area contributed by atoms with E-state index in [2.05, 4.69) is 62.1 Å². The summed E-state index contributed by atoms with van der Waals surface area (Å²) in [5, 5.41) is 3.45. The summed E-state index contributed by atoms with van der Waals surface area (Å²) in [5.74, 6) is 1.05. The van der Waals surface area contributed by atoms with Gasteiger partial charge in [0.15, 0.2) is 0 Å². The van der Waals surface area contributed by atoms with Crippen LogP contribution < -0.4 is 5.32 Å². The Bertz CT molecular complexity index is 733. The van der Waals surface area contributed by atoms with Gasteiger partial charge in [0.1, 0.15) is 5.82 Å². The summed E-state index contributed by atoms with van der Waals surface area (Å²) in [4.78, 5) is 4.65. The van der Waals surface area contributed by atoms with Gasteiger partial charge in [-0.05, 0) is 23.8 Å². The van der Waals surface area contributed by atoms with Gasteiger partial charge in [0.05, 0.1) is 17.6 Å². The quantitative estimate of drug-likeness (QED) is 0.792. The van der Waals surface area contributed by atoms with Crippen molar-refractivity contribution in [2.24, 2.45) is 7.05 Å². The van der Waals surface area contributed by atoms with E-state index < -0.39 is 0 Å². The van der Waals surface area contributed by atoms with Crippen molar-refractivity contribution in [2.45, 2.75) is 13.1 Å². The van der Waals surface area contributed by atoms with E-state index in [1.807, 2.05) is 24.3 Å². The summed E-state index contributed by atoms with van der Waals surface area (Å²) in [7, 11) is 2.06. The molecule has 0 saturated carbocycles. The standard InChI is InChI=1S/C16H16BrN3/c1-20-15-9-5-4-8-14(15)19-16(20)11-18-10-12-6-2-3-7-13(12)17/h2-9,18H,10-11H2,1H3. The van der Waals surface area contributed by atoms with Gasteiger partial charge >= 0.3 is 0 Å². The number of imidazole rings is 1. The molecule has 0 spiro atoms. The second-order valence-electron chi connectivity index (χ2n) is 4.77. The largest absolute Gasteiger partial charge is 0.330 e. The Morgan fingerprint density at radius 2 is 1.80 bits per heavy atom. The van der Waals surface area contributed by atoms with Crippen LogP contribution in [-0.2, 0) is 20.1 Å². The van der Waals surface area contributed by atoms with Gasteiger partial charge in [-0.2, -0.15) is 0 Å². The maximum absolute atomic E-state index is 4.65. The molecule has 20 heavy (non-hydrogen) atoms. The summed E-state index contributed by atoms with van der Waals surface area (Å²) in [6.45, 7) is 1.58. The zero-order valence-corrected chi connectivity index (χ0v) is 12.9. The minimum Gasteiger partial charge on any atom is -0.330 e. The van der Waals surface area contributed by atoms with Gasteiger partial charge in [0.2, 0.25) is 0 Å². The molecule has 0 bridgehead atoms. The highest BCUT2D eigenvalue weighted by molar-refractivity contribution is 9.10. The van der Waals surface area contributed by atoms with E-state index in [4.69, 9.17) is 0 Å². The van der Waals surface area contributed by atoms with Crippen LogP contribution in [0.4, 0.5) is 0 Å². The first-order chi connectivity index (χ1) is 9.75. The zero-order valence-electron chi connectivity index (χ0n) is 11.3. The maximum atomic E-state index is 4.65. The number of rotatable bonds is 4. The van der Waals surface area contributed by atoms with Crippen molar-refractivity contribution >= 4 is 27.0 Å². The van der Waals surface area contributed by atoms with Crippen LogP contribution in [0.3, 0.4) is 0 Å². The highest BCUT2D eigenvalue weighted by Gasteiger charge is 2.06. The minimum atomic E-state index is 0.756. The first kappa shape index (κ1) is 13.3. The van der Waals surface area contributed by atoms with Gasteiger partial charge in [-0.25, -0.2) is 4.98 Å². The molecule has 3 rings (SSSR count). The van der Waals surface area contributed by atoms with Crippen molar-refractivity contribution in [3.8, 4) is 0 Å². The van der Waals surface area contributed by atoms with Crippen molar-refractivity contribution in [1.29, 1.82) is 0 Å². The summed E-state index contributed by atoms with van der Waals surface area (Å²) >= 11 is 3.56. The Balaban J connectivity index is 1.71. The third kappa shape index (κ3) is 2.62. The molecule has 102 valence electrons. The Morgan fingerprint density at radius 1 is 1.05 bits per heavy atom. The number of fused-ring (bicyclic) bond motifs is 1. The molecule has 0 radical (unpaired) electrons. The number of halogens is 1. The molecular formula is C16H16BrN3. The maximum Gasteiger partial charge on any atom is 0.123 e. The Kier molecular flexibility index (Phi) is 3.85. The van der Waals surface area contributed by atoms with E-state index in [0.717, 1.165) is 28.9 Å². The number of para-hydroxylation sites is 2. The fourth-order valence-electron chi connectivity index (χ4n) is 2.30. The van der Waals surface area contributed by atoms with Crippen molar-refractivity contribution in [3.05, 3.63) is 64.4 Å². The molecule has 0 atom stereocenters. The molecule has 3 nitrogen and oxygen atoms in total. The van der Waals surface area contributed by atoms with Crippen LogP contribution in [0.1, 0.15) is 11.4 Å². The molecule has 4 heteroatoms. The van der Waals surface area contributed by atoms with Gasteiger partial charge in [0, 0.05) is 18.1 Å². The normalized spacial score (nSPS) is 11.1. The lowest BCUT2D eigenvalue weighted by Crippen LogP contribution is -2.16. The van der Waals surface area contributed by atoms with Gasteiger partial charge in [0.25, 0.3) is 0 Å². The fraction of sp³-hybridized carbons (Fsp3) is 0.188. The Morgan fingerprint density at radius 3 is 2.60 bits per heavy atom. The Labute approximate surface area is 126 Å². The van der Waals surface area contributed by atoms with Gasteiger partial charge in [-0.3, -0.25) is 0 Å². The molecule has 2 aromatic carbocycles. The van der Waals surface area contributed by atoms with Crippen LogP contribution in [0, 0.1) is 0 Å². The topological polar surface area (TPSA) is 29.9 Å². The molecule has 3 aromatic rings. The van der Waals surface area contributed by atoms with Gasteiger partial charge in [-0.1, -0.05) is 46.3 Å². The lowest BCUT2D eigenvalue weighted by atomic mass is 10.2. The second kappa shape index (κ2) is 5.77. The minimum absolute atomic E-state index is 0.756. The summed E-state index contributed by atoms with van der Waals surface area (Å²) < 4.78 is 3.28. The summed E-state index contributed by atoms with van der Waals surface area (Å²) in [6.07, 6.45) is 0. The number of hydrogen-bond acceptors (Lipinski definition) is 2. The third-order valence-electron chi connectivity index (χ3n) is 3.44. The summed E-state index contributed by atoms with van der Waals surface area (Å²) in [5.41, 5.74) is 3.48. The van der Waals surface area contributed by atoms with Crippen molar-refractivity contribution in [2.75, 3.05) is 0 Å². The number of nitrogens with zero attached hydrogens (tertiary/aromatic N) is 2. The SMILES string of the molecule is Cn1c(CNCc2ccccc2Br)nc2ccccc21. The number of benzene rings is 2. The van der Waals surface area contributed by atoms with Gasteiger partial charge < -0.3 is 9.88 Å². The first-order valence-corrected chi connectivity index (χ1v) is 7.39. The number of aromatic nitrogens is 2. The molecule has 0 unspecified atom stereocenters. The molecule has 1 N–H and O–H groups in total. The zero-order chi connectivity index (χ0) is 13.9. The molecule has 0 aliphatic carbocycles. The molecule has 0 aliphatic rings. The average Bonchev–Trinajstić information content (AvgIpc) is 2.78. The monoisotopic (exact) mass is 329 g/mol. The summed E-state index contributed by atoms with van der Waals surface area (Å²) in [6, 6.07) is 16.5. The molecule has 0 aliphatic heterocycles. The lowest BCUT2D eigenvalue weighted by Gasteiger charge is -2.07. The highest BCUT2D eigenvalue weighted by Crippen LogP contribution is 2.16. The number of aryl methyl sites for hydroxylation is 1. The molecule has 1 heterocycles. The van der Waals surface area contributed by atoms with Crippen molar-refractivity contribution in [1.82, 2.24) is 14.9 Å². The molecule has 0 amide bonds. The number of nitrogens with one attached hydrogen (secondary N) is 1. The van der Waals surface area contributed by atoms with E-state index >= 15 is 0 Å². The molecule has 0 saturated heterocycles. The molecule has 0 fully saturated rings. The van der Waals surface area contributed by atoms with Gasteiger partial charge in [-0.15, -0.1) is 0 Å². The lowest BCUT2D eigenvalue weighted by molar-refractivity contribution is 0.642. The van der Waals surface area contributed by atoms with Crippen LogP contribution in [-0.4, -0.2) is 9.55 Å². The number of hydrogen-bond donors (Lipinski definition) is 1. The van der Waals surface area contributed by atoms with Crippen molar-refractivity contribution < 1.29 is 0 Å². The second-order valence-corrected chi connectivity index (χ2v) is 5.63. The van der Waals surface area contributed by atoms with E-state index in [1.54, 1.807) is 0 Å². The Hall–Kier alpha value is -1.65. The van der Waals surface area contributed by atoms with Crippen LogP contribution >= 0.6 is 15.9 Å². The highest BCUT2D eigenvalue weighted by atomic mass is 79.9. The third-order valence-corrected chi connectivity index (χ3v) is 4.21. The van der Waals surface area contributed by atoms with E-state index in [-0.39, 0.29) is 0 Å². The van der Waals surface area contributed by atoms with E-state index in [1.165, 1.54) is 11.1 Å². The predicted octanol–water partition coefficient (Wildman–Crippen LogP) is 3.63. The van der Waals surface area contributed by atoms with E-state index in [9.17, 15) is 0 Å². The van der Waals surface area contributed by atoms with Crippen LogP contribution in [0.25, 0.3) is 11.0 Å². The predicted molar refractivity (Wildman–Crippen MR) is 85.4 cm³/mol. The van der Waals surface area contributed by atoms with Crippen LogP contribution in [0.5, 0.6) is 0 Å². The smallest absolute Gasteiger partial charge is 0.123 e. The molecular weight excluding hydrogens is 314 g/mol. The fourth-order valence-corrected chi connectivity index (χ4v) is 2.73. The van der Waals surface area contributed by atoms with Crippen LogP contribution in [0.2, 0.25) is 0 Å².